The quantitative estimate of drug-likeness (QED) is 0.833. The molecular weight excluding hydrogens is 308 g/mol. The molecule has 0 amide bonds. The van der Waals surface area contributed by atoms with Crippen LogP contribution in [-0.4, -0.2) is 39.4 Å². The smallest absolute Gasteiger partial charge is 0.257 e. The minimum absolute atomic E-state index is 0.116. The van der Waals surface area contributed by atoms with Gasteiger partial charge in [-0.05, 0) is 33.1 Å². The van der Waals surface area contributed by atoms with E-state index in [1.807, 2.05) is 6.92 Å². The van der Waals surface area contributed by atoms with E-state index >= 15 is 0 Å². The van der Waals surface area contributed by atoms with Crippen LogP contribution in [0.25, 0.3) is 0 Å². The maximum absolute atomic E-state index is 6.05. The molecule has 1 aliphatic carbocycles. The van der Waals surface area contributed by atoms with Gasteiger partial charge in [0.25, 0.3) is 5.89 Å². The number of nitrogens with zero attached hydrogens (tertiary/aromatic N) is 4. The second-order valence-corrected chi connectivity index (χ2v) is 6.91. The van der Waals surface area contributed by atoms with Crippen molar-refractivity contribution in [3.63, 3.8) is 0 Å². The molecule has 2 aromatic heterocycles. The lowest BCUT2D eigenvalue weighted by atomic mass is 10.1. The zero-order chi connectivity index (χ0) is 16.7. The van der Waals surface area contributed by atoms with Crippen molar-refractivity contribution < 1.29 is 13.8 Å². The van der Waals surface area contributed by atoms with Gasteiger partial charge in [-0.25, -0.2) is 0 Å². The summed E-state index contributed by atoms with van der Waals surface area (Å²) in [6.45, 7) is 8.58. The molecule has 7 nitrogen and oxygen atoms in total. The summed E-state index contributed by atoms with van der Waals surface area (Å²) in [6, 6.07) is 0. The Morgan fingerprint density at radius 3 is 2.75 bits per heavy atom. The van der Waals surface area contributed by atoms with E-state index in [0.29, 0.717) is 11.8 Å². The molecule has 0 bridgehead atoms. The van der Waals surface area contributed by atoms with Crippen molar-refractivity contribution in [1.82, 2.24) is 20.2 Å². The van der Waals surface area contributed by atoms with Crippen LogP contribution in [0.3, 0.4) is 0 Å². The lowest BCUT2D eigenvalue weighted by Crippen LogP contribution is -2.42. The number of aryl methyl sites for hydroxylation is 2. The van der Waals surface area contributed by atoms with Crippen LogP contribution in [0.15, 0.2) is 9.05 Å². The van der Waals surface area contributed by atoms with Gasteiger partial charge in [0.2, 0.25) is 0 Å². The fraction of sp³-hybridized carbons (Fsp3) is 0.706. The van der Waals surface area contributed by atoms with Gasteiger partial charge in [0.05, 0.1) is 11.8 Å². The molecule has 7 heteroatoms. The molecule has 0 aromatic carbocycles. The average Bonchev–Trinajstić information content (AvgIpc) is 3.19. The zero-order valence-corrected chi connectivity index (χ0v) is 14.5. The molecule has 1 saturated heterocycles. The van der Waals surface area contributed by atoms with Crippen molar-refractivity contribution in [2.24, 2.45) is 0 Å². The Hall–Kier alpha value is -1.73. The van der Waals surface area contributed by atoms with Gasteiger partial charge in [0.1, 0.15) is 11.9 Å². The highest BCUT2D eigenvalue weighted by atomic mass is 16.5. The van der Waals surface area contributed by atoms with Crippen molar-refractivity contribution >= 4 is 0 Å². The van der Waals surface area contributed by atoms with E-state index in [9.17, 15) is 0 Å². The zero-order valence-electron chi connectivity index (χ0n) is 14.5. The van der Waals surface area contributed by atoms with Crippen molar-refractivity contribution in [1.29, 1.82) is 0 Å². The summed E-state index contributed by atoms with van der Waals surface area (Å²) in [4.78, 5) is 6.91. The maximum Gasteiger partial charge on any atom is 0.257 e. The van der Waals surface area contributed by atoms with Gasteiger partial charge in [0, 0.05) is 31.1 Å². The van der Waals surface area contributed by atoms with Crippen LogP contribution >= 0.6 is 0 Å². The minimum atomic E-state index is -0.168. The molecule has 0 N–H and O–H groups in total. The van der Waals surface area contributed by atoms with Crippen LogP contribution in [0.5, 0.6) is 0 Å². The topological polar surface area (TPSA) is 77.4 Å². The third-order valence-corrected chi connectivity index (χ3v) is 4.79. The fourth-order valence-electron chi connectivity index (χ4n) is 3.33. The number of morpholine rings is 1. The van der Waals surface area contributed by atoms with Crippen LogP contribution in [0, 0.1) is 6.92 Å². The highest BCUT2D eigenvalue weighted by Crippen LogP contribution is 2.39. The summed E-state index contributed by atoms with van der Waals surface area (Å²) in [5, 5.41) is 8.26. The fourth-order valence-corrected chi connectivity index (χ4v) is 3.33. The first-order valence-electron chi connectivity index (χ1n) is 8.79. The largest absolute Gasteiger partial charge is 0.363 e. The minimum Gasteiger partial charge on any atom is -0.363 e. The molecule has 2 atom stereocenters. The first kappa shape index (κ1) is 15.8. The predicted octanol–water partition coefficient (Wildman–Crippen LogP) is 2.77. The summed E-state index contributed by atoms with van der Waals surface area (Å²) in [5.41, 5.74) is 2.23. The van der Waals surface area contributed by atoms with E-state index in [1.54, 1.807) is 0 Å². The molecule has 1 saturated carbocycles. The highest BCUT2D eigenvalue weighted by molar-refractivity contribution is 5.22. The van der Waals surface area contributed by atoms with Gasteiger partial charge in [-0.15, -0.1) is 0 Å². The van der Waals surface area contributed by atoms with Gasteiger partial charge in [-0.3, -0.25) is 4.90 Å². The molecule has 4 rings (SSSR count). The molecule has 24 heavy (non-hydrogen) atoms. The standard InChI is InChI=1S/C17H24N4O3/c1-4-14-13(11(3)23-19-14)8-21-7-10(2)22-15(9-21)17-18-16(20-24-17)12-5-6-12/h10,12,15H,4-9H2,1-3H3/t10-,15-/m1/s1. The number of aromatic nitrogens is 3. The Bertz CT molecular complexity index is 707. The summed E-state index contributed by atoms with van der Waals surface area (Å²) in [5.74, 6) is 2.83. The van der Waals surface area contributed by atoms with E-state index < -0.39 is 0 Å². The molecule has 2 fully saturated rings. The van der Waals surface area contributed by atoms with Crippen molar-refractivity contribution in [3.05, 3.63) is 28.7 Å². The van der Waals surface area contributed by atoms with E-state index in [-0.39, 0.29) is 12.2 Å². The van der Waals surface area contributed by atoms with Crippen LogP contribution in [0.1, 0.15) is 67.4 Å². The summed E-state index contributed by atoms with van der Waals surface area (Å²) < 4.78 is 16.9. The van der Waals surface area contributed by atoms with Gasteiger partial charge in [-0.2, -0.15) is 4.98 Å². The lowest BCUT2D eigenvalue weighted by Gasteiger charge is -2.35. The molecule has 2 aromatic rings. The Balaban J connectivity index is 1.48. The van der Waals surface area contributed by atoms with Crippen LogP contribution in [0.4, 0.5) is 0 Å². The summed E-state index contributed by atoms with van der Waals surface area (Å²) in [7, 11) is 0. The highest BCUT2D eigenvalue weighted by Gasteiger charge is 2.34. The maximum atomic E-state index is 6.05. The number of rotatable bonds is 5. The monoisotopic (exact) mass is 332 g/mol. The van der Waals surface area contributed by atoms with Crippen molar-refractivity contribution in [2.75, 3.05) is 13.1 Å². The SMILES string of the molecule is CCc1noc(C)c1CN1C[C@@H](C)O[C@@H](c2nc(C3CC3)no2)C1. The number of hydrogen-bond acceptors (Lipinski definition) is 7. The summed E-state index contributed by atoms with van der Waals surface area (Å²) in [6.07, 6.45) is 3.16. The third-order valence-electron chi connectivity index (χ3n) is 4.79. The average molecular weight is 332 g/mol. The van der Waals surface area contributed by atoms with Gasteiger partial charge < -0.3 is 13.8 Å². The van der Waals surface area contributed by atoms with Gasteiger partial charge in [-0.1, -0.05) is 17.2 Å². The van der Waals surface area contributed by atoms with Crippen LogP contribution in [-0.2, 0) is 17.7 Å². The second-order valence-electron chi connectivity index (χ2n) is 6.91. The lowest BCUT2D eigenvalue weighted by molar-refractivity contribution is -0.0931. The van der Waals surface area contributed by atoms with Gasteiger partial charge >= 0.3 is 0 Å². The van der Waals surface area contributed by atoms with Crippen molar-refractivity contribution in [3.8, 4) is 0 Å². The van der Waals surface area contributed by atoms with E-state index in [2.05, 4.69) is 34.0 Å². The number of ether oxygens (including phenoxy) is 1. The molecule has 0 radical (unpaired) electrons. The Morgan fingerprint density at radius 1 is 1.17 bits per heavy atom. The Kier molecular flexibility index (Phi) is 4.14. The molecule has 1 aliphatic heterocycles. The molecule has 0 unspecified atom stereocenters. The van der Waals surface area contributed by atoms with Crippen LogP contribution in [0.2, 0.25) is 0 Å². The van der Waals surface area contributed by atoms with E-state index in [0.717, 1.165) is 43.3 Å². The van der Waals surface area contributed by atoms with E-state index in [4.69, 9.17) is 13.8 Å². The second kappa shape index (κ2) is 6.29. The van der Waals surface area contributed by atoms with Crippen LogP contribution < -0.4 is 0 Å². The normalized spacial score (nSPS) is 25.3. The van der Waals surface area contributed by atoms with Gasteiger partial charge in [0.15, 0.2) is 5.82 Å². The first-order chi connectivity index (χ1) is 11.6. The van der Waals surface area contributed by atoms with E-state index in [1.165, 1.54) is 18.4 Å². The molecule has 130 valence electrons. The molecule has 3 heterocycles. The Labute approximate surface area is 141 Å². The third kappa shape index (κ3) is 3.10. The van der Waals surface area contributed by atoms with Crippen molar-refractivity contribution in [2.45, 2.75) is 64.7 Å². The molecule has 2 aliphatic rings. The number of hydrogen-bond donors (Lipinski definition) is 0. The molecular formula is C17H24N4O3. The summed E-state index contributed by atoms with van der Waals surface area (Å²) >= 11 is 0. The first-order valence-corrected chi connectivity index (χ1v) is 8.79. The molecule has 0 spiro atoms. The Morgan fingerprint density at radius 2 is 2.00 bits per heavy atom. The predicted molar refractivity (Wildman–Crippen MR) is 85.5 cm³/mol.